The number of aromatic nitrogens is 3. The highest BCUT2D eigenvalue weighted by molar-refractivity contribution is 8.00. The number of thioether (sulfide) groups is 1. The second-order valence-electron chi connectivity index (χ2n) is 5.84. The topological polar surface area (TPSA) is 59.8 Å². The molecule has 136 valence electrons. The van der Waals surface area contributed by atoms with Crippen LogP contribution in [0.5, 0.6) is 0 Å². The molecule has 0 spiro atoms. The van der Waals surface area contributed by atoms with Gasteiger partial charge in [-0.2, -0.15) is 9.78 Å². The van der Waals surface area contributed by atoms with Crippen molar-refractivity contribution in [2.24, 2.45) is 0 Å². The summed E-state index contributed by atoms with van der Waals surface area (Å²) in [5, 5.41) is 8.05. The molecule has 0 saturated carbocycles. The van der Waals surface area contributed by atoms with Crippen molar-refractivity contribution in [2.75, 3.05) is 11.1 Å². The fourth-order valence-electron chi connectivity index (χ4n) is 2.54. The largest absolute Gasteiger partial charge is 0.310 e. The first-order valence-electron chi connectivity index (χ1n) is 8.19. The van der Waals surface area contributed by atoms with E-state index in [1.807, 2.05) is 37.3 Å². The van der Waals surface area contributed by atoms with E-state index < -0.39 is 0 Å². The van der Waals surface area contributed by atoms with Crippen LogP contribution in [-0.2, 0) is 4.79 Å². The maximum absolute atomic E-state index is 13.0. The number of amides is 1. The van der Waals surface area contributed by atoms with Crippen molar-refractivity contribution in [3.8, 4) is 5.13 Å². The van der Waals surface area contributed by atoms with Crippen LogP contribution in [0, 0.1) is 12.7 Å². The number of hydrogen-bond donors (Lipinski definition) is 1. The van der Waals surface area contributed by atoms with E-state index in [-0.39, 0.29) is 17.5 Å². The number of nitrogens with zero attached hydrogens (tertiary/aromatic N) is 3. The van der Waals surface area contributed by atoms with Crippen LogP contribution in [0.2, 0.25) is 0 Å². The van der Waals surface area contributed by atoms with Gasteiger partial charge in [-0.05, 0) is 43.3 Å². The predicted molar refractivity (Wildman–Crippen MR) is 107 cm³/mol. The minimum atomic E-state index is -0.293. The van der Waals surface area contributed by atoms with E-state index in [0.29, 0.717) is 10.9 Å². The van der Waals surface area contributed by atoms with E-state index in [4.69, 9.17) is 0 Å². The second-order valence-corrected chi connectivity index (χ2v) is 7.90. The van der Waals surface area contributed by atoms with Crippen LogP contribution in [0.15, 0.2) is 59.5 Å². The standard InChI is InChI=1S/C19H15FN4OS2/c1-12-10-17(22-18(25)11-26-14-8-6-13(20)7-9-14)24(23-12)19-21-15-4-2-3-5-16(15)27-19/h2-10H,11H2,1H3,(H,22,25). The van der Waals surface area contributed by atoms with Crippen LogP contribution >= 0.6 is 23.1 Å². The average molecular weight is 398 g/mol. The molecule has 8 heteroatoms. The summed E-state index contributed by atoms with van der Waals surface area (Å²) in [7, 11) is 0. The lowest BCUT2D eigenvalue weighted by Gasteiger charge is -2.06. The maximum atomic E-state index is 13.0. The number of nitrogens with one attached hydrogen (secondary N) is 1. The molecular weight excluding hydrogens is 383 g/mol. The Balaban J connectivity index is 1.50. The third-order valence-corrected chi connectivity index (χ3v) is 5.77. The summed E-state index contributed by atoms with van der Waals surface area (Å²) in [6.45, 7) is 1.87. The smallest absolute Gasteiger partial charge is 0.235 e. The van der Waals surface area contributed by atoms with Crippen LogP contribution in [0.1, 0.15) is 5.69 Å². The molecule has 2 aromatic carbocycles. The van der Waals surface area contributed by atoms with Crippen LogP contribution < -0.4 is 5.32 Å². The molecule has 4 aromatic rings. The van der Waals surface area contributed by atoms with Gasteiger partial charge in [-0.1, -0.05) is 23.5 Å². The first kappa shape index (κ1) is 17.7. The van der Waals surface area contributed by atoms with Crippen molar-refractivity contribution in [3.63, 3.8) is 0 Å². The molecule has 0 saturated heterocycles. The number of aryl methyl sites for hydroxylation is 1. The molecule has 27 heavy (non-hydrogen) atoms. The number of benzene rings is 2. The number of anilines is 1. The summed E-state index contributed by atoms with van der Waals surface area (Å²) in [6, 6.07) is 15.7. The van der Waals surface area contributed by atoms with Crippen molar-refractivity contribution in [1.82, 2.24) is 14.8 Å². The molecule has 4 rings (SSSR count). The molecule has 0 aliphatic heterocycles. The number of hydrogen-bond acceptors (Lipinski definition) is 5. The molecule has 0 fully saturated rings. The molecule has 0 aliphatic rings. The molecule has 0 bridgehead atoms. The fraction of sp³-hybridized carbons (Fsp3) is 0.105. The highest BCUT2D eigenvalue weighted by atomic mass is 32.2. The lowest BCUT2D eigenvalue weighted by molar-refractivity contribution is -0.113. The third-order valence-electron chi connectivity index (χ3n) is 3.75. The van der Waals surface area contributed by atoms with Gasteiger partial charge in [-0.25, -0.2) is 9.37 Å². The number of thiazole rings is 1. The van der Waals surface area contributed by atoms with Gasteiger partial charge >= 0.3 is 0 Å². The van der Waals surface area contributed by atoms with E-state index in [1.54, 1.807) is 16.8 Å². The Morgan fingerprint density at radius 3 is 2.78 bits per heavy atom. The molecule has 2 aromatic heterocycles. The van der Waals surface area contributed by atoms with Crippen LogP contribution in [0.4, 0.5) is 10.2 Å². The lowest BCUT2D eigenvalue weighted by atomic mass is 10.3. The molecule has 0 radical (unpaired) electrons. The number of carbonyl (C=O) groups excluding carboxylic acids is 1. The van der Waals surface area contributed by atoms with Gasteiger partial charge in [0.05, 0.1) is 21.7 Å². The first-order valence-corrected chi connectivity index (χ1v) is 9.99. The van der Waals surface area contributed by atoms with Crippen LogP contribution in [0.25, 0.3) is 15.3 Å². The number of carbonyl (C=O) groups is 1. The second kappa shape index (κ2) is 7.50. The maximum Gasteiger partial charge on any atom is 0.235 e. The summed E-state index contributed by atoms with van der Waals surface area (Å²) >= 11 is 2.86. The Morgan fingerprint density at radius 1 is 1.22 bits per heavy atom. The Bertz CT molecular complexity index is 1070. The molecule has 0 unspecified atom stereocenters. The van der Waals surface area contributed by atoms with Gasteiger partial charge in [0, 0.05) is 11.0 Å². The molecule has 1 N–H and O–H groups in total. The molecule has 1 amide bonds. The summed E-state index contributed by atoms with van der Waals surface area (Å²) in [5.74, 6) is 0.345. The highest BCUT2D eigenvalue weighted by Gasteiger charge is 2.14. The number of para-hydroxylation sites is 1. The van der Waals surface area contributed by atoms with Gasteiger partial charge < -0.3 is 5.32 Å². The molecule has 5 nitrogen and oxygen atoms in total. The van der Waals surface area contributed by atoms with Crippen LogP contribution in [0.3, 0.4) is 0 Å². The molecule has 0 atom stereocenters. The summed E-state index contributed by atoms with van der Waals surface area (Å²) in [6.07, 6.45) is 0. The Kier molecular flexibility index (Phi) is 4.91. The fourth-order valence-corrected chi connectivity index (χ4v) is 4.17. The summed E-state index contributed by atoms with van der Waals surface area (Å²) in [4.78, 5) is 17.8. The van der Waals surface area contributed by atoms with Crippen molar-refractivity contribution >= 4 is 45.0 Å². The average Bonchev–Trinajstić information content (AvgIpc) is 3.24. The van der Waals surface area contributed by atoms with Crippen LogP contribution in [-0.4, -0.2) is 26.4 Å². The van der Waals surface area contributed by atoms with E-state index in [1.165, 1.54) is 35.2 Å². The van der Waals surface area contributed by atoms with Gasteiger partial charge in [-0.15, -0.1) is 11.8 Å². The predicted octanol–water partition coefficient (Wildman–Crippen LogP) is 4.66. The van der Waals surface area contributed by atoms with Gasteiger partial charge in [0.25, 0.3) is 0 Å². The molecule has 0 aliphatic carbocycles. The van der Waals surface area contributed by atoms with E-state index >= 15 is 0 Å². The van der Waals surface area contributed by atoms with Gasteiger partial charge in [0.15, 0.2) is 0 Å². The highest BCUT2D eigenvalue weighted by Crippen LogP contribution is 2.27. The Hall–Kier alpha value is -2.71. The zero-order chi connectivity index (χ0) is 18.8. The zero-order valence-electron chi connectivity index (χ0n) is 14.3. The Morgan fingerprint density at radius 2 is 2.00 bits per heavy atom. The van der Waals surface area contributed by atoms with Gasteiger partial charge in [-0.3, -0.25) is 4.79 Å². The normalized spacial score (nSPS) is 11.0. The lowest BCUT2D eigenvalue weighted by Crippen LogP contribution is -2.16. The SMILES string of the molecule is Cc1cc(NC(=O)CSc2ccc(F)cc2)n(-c2nc3ccccc3s2)n1. The first-order chi connectivity index (χ1) is 13.1. The number of halogens is 1. The van der Waals surface area contributed by atoms with Crippen molar-refractivity contribution in [1.29, 1.82) is 0 Å². The number of rotatable bonds is 5. The molecule has 2 heterocycles. The van der Waals surface area contributed by atoms with Gasteiger partial charge in [0.1, 0.15) is 11.6 Å². The van der Waals surface area contributed by atoms with E-state index in [2.05, 4.69) is 15.4 Å². The van der Waals surface area contributed by atoms with Crippen molar-refractivity contribution in [2.45, 2.75) is 11.8 Å². The van der Waals surface area contributed by atoms with E-state index in [9.17, 15) is 9.18 Å². The minimum absolute atomic E-state index is 0.161. The quantitative estimate of drug-likeness (QED) is 0.497. The van der Waals surface area contributed by atoms with E-state index in [0.717, 1.165) is 20.8 Å². The Labute approximate surface area is 163 Å². The number of fused-ring (bicyclic) bond motifs is 1. The summed E-state index contributed by atoms with van der Waals surface area (Å²) in [5.41, 5.74) is 1.69. The zero-order valence-corrected chi connectivity index (χ0v) is 16.0. The monoisotopic (exact) mass is 398 g/mol. The molecular formula is C19H15FN4OS2. The summed E-state index contributed by atoms with van der Waals surface area (Å²) < 4.78 is 15.7. The van der Waals surface area contributed by atoms with Gasteiger partial charge in [0.2, 0.25) is 11.0 Å². The third kappa shape index (κ3) is 4.01. The van der Waals surface area contributed by atoms with Crippen molar-refractivity contribution in [3.05, 3.63) is 66.1 Å². The minimum Gasteiger partial charge on any atom is -0.310 e. The van der Waals surface area contributed by atoms with Crippen molar-refractivity contribution < 1.29 is 9.18 Å².